The molecule has 0 saturated heterocycles. The van der Waals surface area contributed by atoms with Crippen molar-refractivity contribution in [3.63, 3.8) is 0 Å². The third-order valence-corrected chi connectivity index (χ3v) is 9.29. The highest BCUT2D eigenvalue weighted by molar-refractivity contribution is 5.86. The Labute approximate surface area is 241 Å². The van der Waals surface area contributed by atoms with Gasteiger partial charge >= 0.3 is 0 Å². The summed E-state index contributed by atoms with van der Waals surface area (Å²) < 4.78 is 0. The minimum atomic E-state index is 0.0645. The van der Waals surface area contributed by atoms with E-state index in [2.05, 4.69) is 145 Å². The number of fused-ring (bicyclic) bond motifs is 4. The maximum atomic E-state index is 4.18. The molecule has 41 heavy (non-hydrogen) atoms. The van der Waals surface area contributed by atoms with E-state index in [-0.39, 0.29) is 16.9 Å². The molecule has 8 rings (SSSR count). The summed E-state index contributed by atoms with van der Waals surface area (Å²) in [6.07, 6.45) is 8.01. The predicted octanol–water partition coefficient (Wildman–Crippen LogP) is 8.93. The van der Waals surface area contributed by atoms with Crippen LogP contribution in [0.15, 0.2) is 97.6 Å². The van der Waals surface area contributed by atoms with E-state index in [0.717, 1.165) is 5.52 Å². The van der Waals surface area contributed by atoms with Gasteiger partial charge < -0.3 is 20.6 Å². The summed E-state index contributed by atoms with van der Waals surface area (Å²) in [5.74, 6) is 0. The van der Waals surface area contributed by atoms with Gasteiger partial charge in [-0.15, -0.1) is 0 Å². The standard InChI is InChI=1S/C19H20N2.C17H17N3/c1-12-8-9-16-13(10-12)14(11-20-16)18-19(2,3)15-6-4-5-7-17(15)21-18;1-17(2)13-5-3-4-6-14(13)20-16(17)12-9-19-15-10-18-8-7-11(12)15/h4-11,18,20-21H,1-3H3;3-10,16,19-20H,1-2H3. The highest BCUT2D eigenvalue weighted by Crippen LogP contribution is 2.50. The van der Waals surface area contributed by atoms with E-state index in [0.29, 0.717) is 6.04 Å². The first-order valence-corrected chi connectivity index (χ1v) is 14.5. The number of anilines is 2. The Morgan fingerprint density at radius 2 is 1.20 bits per heavy atom. The highest BCUT2D eigenvalue weighted by Gasteiger charge is 2.42. The van der Waals surface area contributed by atoms with Gasteiger partial charge in [0.05, 0.1) is 23.8 Å². The van der Waals surface area contributed by atoms with Crippen LogP contribution in [0, 0.1) is 6.92 Å². The normalized spacial score (nSPS) is 19.6. The number of rotatable bonds is 2. The quantitative estimate of drug-likeness (QED) is 0.178. The van der Waals surface area contributed by atoms with Gasteiger partial charge in [-0.2, -0.15) is 0 Å². The van der Waals surface area contributed by atoms with Crippen molar-refractivity contribution in [2.45, 2.75) is 57.5 Å². The first kappa shape index (κ1) is 25.5. The van der Waals surface area contributed by atoms with Crippen molar-refractivity contribution in [2.24, 2.45) is 0 Å². The Morgan fingerprint density at radius 3 is 1.80 bits per heavy atom. The molecule has 0 fully saturated rings. The topological polar surface area (TPSA) is 68.5 Å². The van der Waals surface area contributed by atoms with E-state index in [1.807, 2.05) is 12.4 Å². The molecule has 2 atom stereocenters. The number of aryl methyl sites for hydroxylation is 1. The molecule has 4 N–H and O–H groups in total. The number of para-hydroxylation sites is 2. The Morgan fingerprint density at radius 1 is 0.634 bits per heavy atom. The van der Waals surface area contributed by atoms with Crippen LogP contribution in [0.1, 0.15) is 67.6 Å². The van der Waals surface area contributed by atoms with E-state index in [1.54, 1.807) is 0 Å². The van der Waals surface area contributed by atoms with Crippen LogP contribution in [-0.2, 0) is 10.8 Å². The number of pyridine rings is 1. The van der Waals surface area contributed by atoms with Crippen molar-refractivity contribution in [1.82, 2.24) is 15.0 Å². The molecule has 0 spiro atoms. The van der Waals surface area contributed by atoms with Crippen LogP contribution >= 0.6 is 0 Å². The lowest BCUT2D eigenvalue weighted by atomic mass is 9.78. The zero-order valence-corrected chi connectivity index (χ0v) is 24.3. The Hall–Kier alpha value is -4.51. The first-order valence-electron chi connectivity index (χ1n) is 14.5. The van der Waals surface area contributed by atoms with Crippen molar-refractivity contribution < 1.29 is 0 Å². The molecule has 0 bridgehead atoms. The molecule has 2 unspecified atom stereocenters. The van der Waals surface area contributed by atoms with Crippen molar-refractivity contribution in [1.29, 1.82) is 0 Å². The van der Waals surface area contributed by atoms with Crippen LogP contribution in [-0.4, -0.2) is 15.0 Å². The number of H-pyrrole nitrogens is 2. The molecule has 5 nitrogen and oxygen atoms in total. The Bertz CT molecular complexity index is 1890. The molecule has 0 radical (unpaired) electrons. The molecular weight excluding hydrogens is 502 g/mol. The molecule has 0 aliphatic carbocycles. The summed E-state index contributed by atoms with van der Waals surface area (Å²) >= 11 is 0. The lowest BCUT2D eigenvalue weighted by molar-refractivity contribution is 0.476. The van der Waals surface area contributed by atoms with Gasteiger partial charge in [-0.25, -0.2) is 0 Å². The van der Waals surface area contributed by atoms with Gasteiger partial charge in [0.2, 0.25) is 0 Å². The van der Waals surface area contributed by atoms with Crippen LogP contribution in [0.25, 0.3) is 21.8 Å². The molecule has 3 aromatic heterocycles. The summed E-state index contributed by atoms with van der Waals surface area (Å²) in [6, 6.07) is 26.5. The highest BCUT2D eigenvalue weighted by atomic mass is 15.0. The number of benzene rings is 3. The predicted molar refractivity (Wildman–Crippen MR) is 171 cm³/mol. The first-order chi connectivity index (χ1) is 19.7. The van der Waals surface area contributed by atoms with Gasteiger partial charge in [0.15, 0.2) is 0 Å². The number of hydrogen-bond acceptors (Lipinski definition) is 3. The largest absolute Gasteiger partial charge is 0.377 e. The van der Waals surface area contributed by atoms with E-state index in [4.69, 9.17) is 0 Å². The number of nitrogens with one attached hydrogen (secondary N) is 4. The van der Waals surface area contributed by atoms with Crippen LogP contribution in [0.5, 0.6) is 0 Å². The summed E-state index contributed by atoms with van der Waals surface area (Å²) in [5, 5.41) is 9.97. The third kappa shape index (κ3) is 4.02. The lowest BCUT2D eigenvalue weighted by Gasteiger charge is -2.27. The van der Waals surface area contributed by atoms with E-state index in [1.165, 1.54) is 55.5 Å². The average molecular weight is 540 g/mol. The number of hydrogen-bond donors (Lipinski definition) is 4. The maximum absolute atomic E-state index is 4.18. The van der Waals surface area contributed by atoms with Crippen molar-refractivity contribution >= 4 is 33.2 Å². The van der Waals surface area contributed by atoms with E-state index >= 15 is 0 Å². The second-order valence-electron chi connectivity index (χ2n) is 12.6. The summed E-state index contributed by atoms with van der Waals surface area (Å²) in [5.41, 5.74) is 11.7. The molecule has 2 aliphatic heterocycles. The number of aromatic nitrogens is 3. The average Bonchev–Trinajstić information content (AvgIpc) is 3.71. The molecule has 0 saturated carbocycles. The zero-order chi connectivity index (χ0) is 28.4. The second-order valence-corrected chi connectivity index (χ2v) is 12.6. The molecule has 0 amide bonds. The second kappa shape index (κ2) is 9.27. The van der Waals surface area contributed by atoms with Crippen LogP contribution in [0.2, 0.25) is 0 Å². The fraction of sp³-hybridized carbons (Fsp3) is 0.250. The van der Waals surface area contributed by atoms with E-state index < -0.39 is 0 Å². The minimum Gasteiger partial charge on any atom is -0.377 e. The monoisotopic (exact) mass is 539 g/mol. The van der Waals surface area contributed by atoms with Gasteiger partial charge in [-0.05, 0) is 48.4 Å². The molecule has 206 valence electrons. The zero-order valence-electron chi connectivity index (χ0n) is 24.3. The van der Waals surface area contributed by atoms with Crippen LogP contribution in [0.3, 0.4) is 0 Å². The van der Waals surface area contributed by atoms with Crippen LogP contribution in [0.4, 0.5) is 11.4 Å². The smallest absolute Gasteiger partial charge is 0.0644 e. The fourth-order valence-corrected chi connectivity index (χ4v) is 6.99. The van der Waals surface area contributed by atoms with Gasteiger partial charge in [0, 0.05) is 68.2 Å². The van der Waals surface area contributed by atoms with Crippen molar-refractivity contribution in [2.75, 3.05) is 10.6 Å². The molecule has 6 aromatic rings. The fourth-order valence-electron chi connectivity index (χ4n) is 6.99. The summed E-state index contributed by atoms with van der Waals surface area (Å²) in [6.45, 7) is 11.4. The SMILES string of the molecule is CC1(C)c2ccccc2NC1c1c[nH]c2cnccc12.Cc1ccc2[nH]cc(C3Nc4ccccc4C3(C)C)c2c1. The maximum Gasteiger partial charge on any atom is 0.0644 e. The number of nitrogens with zero attached hydrogens (tertiary/aromatic N) is 1. The molecule has 3 aromatic carbocycles. The molecular formula is C36H37N5. The Kier molecular flexibility index (Phi) is 5.75. The lowest BCUT2D eigenvalue weighted by Crippen LogP contribution is -2.25. The van der Waals surface area contributed by atoms with E-state index in [9.17, 15) is 0 Å². The molecule has 2 aliphatic rings. The van der Waals surface area contributed by atoms with Gasteiger partial charge in [0.25, 0.3) is 0 Å². The summed E-state index contributed by atoms with van der Waals surface area (Å²) in [4.78, 5) is 10.9. The van der Waals surface area contributed by atoms with Crippen molar-refractivity contribution in [3.05, 3.63) is 125 Å². The molecule has 5 heteroatoms. The summed E-state index contributed by atoms with van der Waals surface area (Å²) in [7, 11) is 0. The van der Waals surface area contributed by atoms with Crippen LogP contribution < -0.4 is 10.6 Å². The van der Waals surface area contributed by atoms with Gasteiger partial charge in [-0.1, -0.05) is 75.7 Å². The van der Waals surface area contributed by atoms with Gasteiger partial charge in [0.1, 0.15) is 0 Å². The third-order valence-electron chi connectivity index (χ3n) is 9.29. The van der Waals surface area contributed by atoms with Gasteiger partial charge in [-0.3, -0.25) is 4.98 Å². The van der Waals surface area contributed by atoms with Crippen molar-refractivity contribution in [3.8, 4) is 0 Å². The minimum absolute atomic E-state index is 0.0645. The number of aromatic amines is 2. The Balaban J connectivity index is 0.000000135. The molecule has 5 heterocycles.